The molecule has 0 heterocycles. The Morgan fingerprint density at radius 2 is 1.93 bits per heavy atom. The number of hydrazine groups is 1. The van der Waals surface area contributed by atoms with E-state index in [2.05, 4.69) is 19.3 Å². The second-order valence-electron chi connectivity index (χ2n) is 4.92. The molecule has 0 radical (unpaired) electrons. The molecule has 2 atom stereocenters. The smallest absolute Gasteiger partial charge is 0.0241 e. The first-order valence-electron chi connectivity index (χ1n) is 6.24. The van der Waals surface area contributed by atoms with Gasteiger partial charge in [-0.3, -0.25) is 11.3 Å². The van der Waals surface area contributed by atoms with Gasteiger partial charge in [0.05, 0.1) is 0 Å². The Kier molecular flexibility index (Phi) is 5.49. The van der Waals surface area contributed by atoms with E-state index in [1.54, 1.807) is 0 Å². The fourth-order valence-corrected chi connectivity index (χ4v) is 2.53. The number of nitrogens with two attached hydrogens (primary N) is 1. The first-order valence-corrected chi connectivity index (χ1v) is 6.24. The normalized spacial score (nSPS) is 23.4. The van der Waals surface area contributed by atoms with Gasteiger partial charge < -0.3 is 0 Å². The summed E-state index contributed by atoms with van der Waals surface area (Å²) in [6, 6.07) is 0.560. The molecular formula is C12H26N2. The Labute approximate surface area is 88.6 Å². The van der Waals surface area contributed by atoms with Gasteiger partial charge in [0.15, 0.2) is 0 Å². The van der Waals surface area contributed by atoms with Gasteiger partial charge in [-0.15, -0.1) is 0 Å². The van der Waals surface area contributed by atoms with Crippen LogP contribution in [0, 0.1) is 11.8 Å². The summed E-state index contributed by atoms with van der Waals surface area (Å²) in [5.74, 6) is 7.30. The molecule has 1 rings (SSSR count). The van der Waals surface area contributed by atoms with Crippen molar-refractivity contribution in [1.29, 1.82) is 0 Å². The quantitative estimate of drug-likeness (QED) is 0.526. The molecule has 0 bridgehead atoms. The molecule has 0 spiro atoms. The van der Waals surface area contributed by atoms with Crippen LogP contribution in [0.5, 0.6) is 0 Å². The maximum absolute atomic E-state index is 5.66. The second-order valence-corrected chi connectivity index (χ2v) is 4.92. The van der Waals surface area contributed by atoms with Crippen molar-refractivity contribution < 1.29 is 0 Å². The van der Waals surface area contributed by atoms with E-state index in [4.69, 9.17) is 5.84 Å². The summed E-state index contributed by atoms with van der Waals surface area (Å²) < 4.78 is 0. The summed E-state index contributed by atoms with van der Waals surface area (Å²) in [4.78, 5) is 0. The van der Waals surface area contributed by atoms with Gasteiger partial charge >= 0.3 is 0 Å². The molecule has 84 valence electrons. The first kappa shape index (κ1) is 12.0. The van der Waals surface area contributed by atoms with Crippen LogP contribution in [0.1, 0.15) is 58.8 Å². The maximum Gasteiger partial charge on any atom is 0.0241 e. The van der Waals surface area contributed by atoms with Gasteiger partial charge in [0.1, 0.15) is 0 Å². The van der Waals surface area contributed by atoms with Crippen LogP contribution >= 0.6 is 0 Å². The average Bonchev–Trinajstić information content (AvgIpc) is 2.26. The predicted octanol–water partition coefficient (Wildman–Crippen LogP) is 2.83. The monoisotopic (exact) mass is 198 g/mol. The van der Waals surface area contributed by atoms with Gasteiger partial charge in [0.2, 0.25) is 0 Å². The Balaban J connectivity index is 2.35. The molecule has 0 aromatic heterocycles. The van der Waals surface area contributed by atoms with E-state index in [9.17, 15) is 0 Å². The van der Waals surface area contributed by atoms with Gasteiger partial charge in [-0.1, -0.05) is 39.5 Å². The van der Waals surface area contributed by atoms with E-state index in [-0.39, 0.29) is 0 Å². The van der Waals surface area contributed by atoms with Crippen LogP contribution in [0.3, 0.4) is 0 Å². The minimum Gasteiger partial charge on any atom is -0.271 e. The van der Waals surface area contributed by atoms with Crippen molar-refractivity contribution in [2.45, 2.75) is 64.8 Å². The van der Waals surface area contributed by atoms with Crippen molar-refractivity contribution in [3.8, 4) is 0 Å². The molecule has 0 aromatic carbocycles. The Morgan fingerprint density at radius 3 is 2.43 bits per heavy atom. The molecule has 0 amide bonds. The number of rotatable bonds is 5. The van der Waals surface area contributed by atoms with Crippen molar-refractivity contribution >= 4 is 0 Å². The fourth-order valence-electron chi connectivity index (χ4n) is 2.53. The van der Waals surface area contributed by atoms with E-state index in [1.165, 1.54) is 44.9 Å². The molecule has 1 fully saturated rings. The molecule has 14 heavy (non-hydrogen) atoms. The zero-order valence-corrected chi connectivity index (χ0v) is 9.76. The maximum atomic E-state index is 5.66. The lowest BCUT2D eigenvalue weighted by molar-refractivity contribution is 0.237. The predicted molar refractivity (Wildman–Crippen MR) is 61.8 cm³/mol. The average molecular weight is 198 g/mol. The Hall–Kier alpha value is -0.0800. The highest BCUT2D eigenvalue weighted by Gasteiger charge is 2.23. The van der Waals surface area contributed by atoms with Crippen LogP contribution in [-0.4, -0.2) is 6.04 Å². The molecule has 1 saturated carbocycles. The summed E-state index contributed by atoms with van der Waals surface area (Å²) in [6.45, 7) is 4.59. The molecule has 0 aromatic rings. The van der Waals surface area contributed by atoms with E-state index in [0.29, 0.717) is 6.04 Å². The van der Waals surface area contributed by atoms with Crippen LogP contribution in [0.4, 0.5) is 0 Å². The Morgan fingerprint density at radius 1 is 1.29 bits per heavy atom. The standard InChI is InChI=1S/C12H26N2/c1-3-10(2)9-12(14-13)11-7-5-4-6-8-11/h10-12,14H,3-9,13H2,1-2H3. The van der Waals surface area contributed by atoms with Crippen LogP contribution in [0.15, 0.2) is 0 Å². The summed E-state index contributed by atoms with van der Waals surface area (Å²) in [5, 5.41) is 0. The third-order valence-electron chi connectivity index (χ3n) is 3.79. The summed E-state index contributed by atoms with van der Waals surface area (Å²) >= 11 is 0. The van der Waals surface area contributed by atoms with E-state index < -0.39 is 0 Å². The highest BCUT2D eigenvalue weighted by Crippen LogP contribution is 2.29. The van der Waals surface area contributed by atoms with E-state index >= 15 is 0 Å². The topological polar surface area (TPSA) is 38.0 Å². The largest absolute Gasteiger partial charge is 0.271 e. The minimum atomic E-state index is 0.560. The zero-order chi connectivity index (χ0) is 10.4. The summed E-state index contributed by atoms with van der Waals surface area (Å²) in [5.41, 5.74) is 3.04. The van der Waals surface area contributed by atoms with E-state index in [0.717, 1.165) is 11.8 Å². The van der Waals surface area contributed by atoms with Crippen LogP contribution < -0.4 is 11.3 Å². The summed E-state index contributed by atoms with van der Waals surface area (Å²) in [7, 11) is 0. The van der Waals surface area contributed by atoms with Crippen molar-refractivity contribution in [2.75, 3.05) is 0 Å². The molecule has 2 unspecified atom stereocenters. The van der Waals surface area contributed by atoms with Gasteiger partial charge in [0.25, 0.3) is 0 Å². The van der Waals surface area contributed by atoms with Crippen LogP contribution in [0.25, 0.3) is 0 Å². The lowest BCUT2D eigenvalue weighted by atomic mass is 9.80. The van der Waals surface area contributed by atoms with E-state index in [1.807, 2.05) is 0 Å². The third kappa shape index (κ3) is 3.58. The van der Waals surface area contributed by atoms with Crippen LogP contribution in [0.2, 0.25) is 0 Å². The number of hydrogen-bond acceptors (Lipinski definition) is 2. The van der Waals surface area contributed by atoms with Crippen LogP contribution in [-0.2, 0) is 0 Å². The third-order valence-corrected chi connectivity index (χ3v) is 3.79. The van der Waals surface area contributed by atoms with Crippen molar-refractivity contribution in [3.63, 3.8) is 0 Å². The lowest BCUT2D eigenvalue weighted by Crippen LogP contribution is -2.42. The zero-order valence-electron chi connectivity index (χ0n) is 9.76. The molecular weight excluding hydrogens is 172 g/mol. The molecule has 0 aliphatic heterocycles. The van der Waals surface area contributed by atoms with Crippen molar-refractivity contribution in [2.24, 2.45) is 17.7 Å². The molecule has 2 heteroatoms. The van der Waals surface area contributed by atoms with Crippen molar-refractivity contribution in [1.82, 2.24) is 5.43 Å². The fraction of sp³-hybridized carbons (Fsp3) is 1.00. The van der Waals surface area contributed by atoms with Gasteiger partial charge in [-0.05, 0) is 31.1 Å². The lowest BCUT2D eigenvalue weighted by Gasteiger charge is -2.31. The molecule has 1 aliphatic carbocycles. The second kappa shape index (κ2) is 6.41. The molecule has 3 N–H and O–H groups in total. The van der Waals surface area contributed by atoms with Gasteiger partial charge in [-0.25, -0.2) is 0 Å². The van der Waals surface area contributed by atoms with Gasteiger partial charge in [-0.2, -0.15) is 0 Å². The number of hydrogen-bond donors (Lipinski definition) is 2. The van der Waals surface area contributed by atoms with Gasteiger partial charge in [0, 0.05) is 6.04 Å². The minimum absolute atomic E-state index is 0.560. The highest BCUT2D eigenvalue weighted by atomic mass is 15.2. The SMILES string of the molecule is CCC(C)CC(NN)C1CCCCC1. The molecule has 2 nitrogen and oxygen atoms in total. The number of nitrogens with one attached hydrogen (secondary N) is 1. The summed E-state index contributed by atoms with van der Waals surface area (Å²) in [6.07, 6.45) is 9.52. The molecule has 0 saturated heterocycles. The molecule has 1 aliphatic rings. The highest BCUT2D eigenvalue weighted by molar-refractivity contribution is 4.79. The first-order chi connectivity index (χ1) is 6.77. The Bertz CT molecular complexity index is 141. The van der Waals surface area contributed by atoms with Crippen molar-refractivity contribution in [3.05, 3.63) is 0 Å².